The van der Waals surface area contributed by atoms with Gasteiger partial charge in [0.15, 0.2) is 5.11 Å². The van der Waals surface area contributed by atoms with Crippen LogP contribution in [0.1, 0.15) is 57.2 Å². The predicted octanol–water partition coefficient (Wildman–Crippen LogP) is 5.29. The van der Waals surface area contributed by atoms with Crippen LogP contribution in [0.4, 0.5) is 24.5 Å². The number of nitrogens with zero attached hydrogens (tertiary/aromatic N) is 4. The summed E-state index contributed by atoms with van der Waals surface area (Å²) in [6.45, 7) is 13.9. The molecule has 1 amide bonds. The van der Waals surface area contributed by atoms with Gasteiger partial charge in [-0.05, 0) is 80.9 Å². The number of ether oxygens (including phenoxy) is 1. The third kappa shape index (κ3) is 5.80. The lowest BCUT2D eigenvalue weighted by Gasteiger charge is -2.32. The average Bonchev–Trinajstić information content (AvgIpc) is 3.06. The Balaban J connectivity index is 1.61. The van der Waals surface area contributed by atoms with Crippen molar-refractivity contribution in [3.63, 3.8) is 0 Å². The number of nitrogens with one attached hydrogen (secondary N) is 1. The number of piperazine rings is 1. The Morgan fingerprint density at radius 1 is 1.20 bits per heavy atom. The Morgan fingerprint density at radius 3 is 2.52 bits per heavy atom. The van der Waals surface area contributed by atoms with Crippen LogP contribution in [0.3, 0.4) is 0 Å². The van der Waals surface area contributed by atoms with Crippen LogP contribution in [-0.2, 0) is 11.0 Å². The lowest BCUT2D eigenvalue weighted by atomic mass is 9.98. The van der Waals surface area contributed by atoms with Crippen molar-refractivity contribution in [1.82, 2.24) is 10.2 Å². The van der Waals surface area contributed by atoms with Gasteiger partial charge in [-0.1, -0.05) is 13.8 Å². The summed E-state index contributed by atoms with van der Waals surface area (Å²) in [5.41, 5.74) is -1.26. The molecule has 2 aliphatic heterocycles. The lowest BCUT2D eigenvalue weighted by Crippen LogP contribution is -2.50. The first-order valence-electron chi connectivity index (χ1n) is 13.3. The van der Waals surface area contributed by atoms with Gasteiger partial charge in [-0.15, -0.1) is 0 Å². The van der Waals surface area contributed by atoms with E-state index in [1.54, 1.807) is 24.8 Å². The van der Waals surface area contributed by atoms with E-state index >= 15 is 0 Å². The highest BCUT2D eigenvalue weighted by molar-refractivity contribution is 7.81. The second-order valence-electron chi connectivity index (χ2n) is 11.0. The molecule has 40 heavy (non-hydrogen) atoms. The molecule has 7 nitrogen and oxygen atoms in total. The second-order valence-corrected chi connectivity index (χ2v) is 11.4. The van der Waals surface area contributed by atoms with E-state index < -0.39 is 28.7 Å². The molecule has 0 radical (unpaired) electrons. The first kappa shape index (κ1) is 29.8. The molecule has 4 rings (SSSR count). The second kappa shape index (κ2) is 11.4. The number of rotatable bonds is 7. The minimum absolute atomic E-state index is 0.0387. The molecule has 1 unspecified atom stereocenters. The molecular formula is C29H34F3N5O2S. The highest BCUT2D eigenvalue weighted by Gasteiger charge is 2.51. The highest BCUT2D eigenvalue weighted by atomic mass is 32.1. The molecule has 2 aromatic rings. The number of halogens is 3. The van der Waals surface area contributed by atoms with Crippen LogP contribution in [0.15, 0.2) is 36.4 Å². The fourth-order valence-corrected chi connectivity index (χ4v) is 5.74. The van der Waals surface area contributed by atoms with Gasteiger partial charge in [0, 0.05) is 37.9 Å². The Hall–Kier alpha value is -3.20. The fraction of sp³-hybridized carbons (Fsp3) is 0.483. The zero-order valence-electron chi connectivity index (χ0n) is 23.3. The van der Waals surface area contributed by atoms with E-state index in [1.807, 2.05) is 32.0 Å². The summed E-state index contributed by atoms with van der Waals surface area (Å²) in [7, 11) is 0. The van der Waals surface area contributed by atoms with Gasteiger partial charge >= 0.3 is 6.18 Å². The van der Waals surface area contributed by atoms with E-state index in [9.17, 15) is 18.0 Å². The summed E-state index contributed by atoms with van der Waals surface area (Å²) >= 11 is 5.69. The molecule has 214 valence electrons. The van der Waals surface area contributed by atoms with Crippen molar-refractivity contribution in [2.45, 2.75) is 58.3 Å². The number of hydrogen-bond donors (Lipinski definition) is 1. The fourth-order valence-electron chi connectivity index (χ4n) is 5.22. The number of carbonyl (C=O) groups excluding carboxylic acids is 1. The minimum atomic E-state index is -4.76. The quantitative estimate of drug-likeness (QED) is 0.452. The third-order valence-corrected chi connectivity index (χ3v) is 7.71. The number of amides is 1. The van der Waals surface area contributed by atoms with E-state index in [0.29, 0.717) is 18.3 Å². The molecule has 2 saturated heterocycles. The van der Waals surface area contributed by atoms with Crippen LogP contribution in [-0.4, -0.2) is 60.3 Å². The summed E-state index contributed by atoms with van der Waals surface area (Å²) in [5, 5.41) is 12.6. The summed E-state index contributed by atoms with van der Waals surface area (Å²) in [4.78, 5) is 18.7. The molecule has 2 fully saturated rings. The van der Waals surface area contributed by atoms with Gasteiger partial charge in [0.2, 0.25) is 0 Å². The number of hydrogen-bond acceptors (Lipinski definition) is 6. The van der Waals surface area contributed by atoms with Crippen molar-refractivity contribution < 1.29 is 22.7 Å². The first-order valence-corrected chi connectivity index (χ1v) is 13.7. The number of nitriles is 1. The standard InChI is InChI=1S/C29H34F3N5O2S/c1-18(2)23-14-22(8-9-25(23)39-13-12-35-11-10-34-19(3)17-35)37-27(40)36(26(38)28(37,4)5)21-7-6-20(16-33)24(15-21)29(30,31)32/h6-9,14-15,18-19,34H,10-13,17H2,1-5H3. The van der Waals surface area contributed by atoms with E-state index in [0.717, 1.165) is 54.5 Å². The van der Waals surface area contributed by atoms with Crippen LogP contribution in [0, 0.1) is 11.3 Å². The Bertz CT molecular complexity index is 1340. The third-order valence-electron chi connectivity index (χ3n) is 7.35. The summed E-state index contributed by atoms with van der Waals surface area (Å²) in [6, 6.07) is 10.8. The van der Waals surface area contributed by atoms with E-state index in [-0.39, 0.29) is 16.7 Å². The maximum atomic E-state index is 13.6. The van der Waals surface area contributed by atoms with E-state index in [4.69, 9.17) is 22.2 Å². The monoisotopic (exact) mass is 573 g/mol. The van der Waals surface area contributed by atoms with E-state index in [2.05, 4.69) is 17.1 Å². The normalized spacial score (nSPS) is 19.9. The molecule has 0 spiro atoms. The zero-order valence-corrected chi connectivity index (χ0v) is 24.1. The molecule has 0 saturated carbocycles. The largest absolute Gasteiger partial charge is 0.492 e. The Labute approximate surface area is 238 Å². The van der Waals surface area contributed by atoms with Gasteiger partial charge in [0.25, 0.3) is 5.91 Å². The van der Waals surface area contributed by atoms with Gasteiger partial charge in [-0.3, -0.25) is 14.6 Å². The van der Waals surface area contributed by atoms with Crippen LogP contribution in [0.2, 0.25) is 0 Å². The molecule has 11 heteroatoms. The molecular weight excluding hydrogens is 539 g/mol. The van der Waals surface area contributed by atoms with Crippen molar-refractivity contribution in [2.24, 2.45) is 0 Å². The summed E-state index contributed by atoms with van der Waals surface area (Å²) in [5.74, 6) is 0.384. The van der Waals surface area contributed by atoms with Crippen molar-refractivity contribution >= 4 is 34.6 Å². The number of thiocarbonyl (C=S) groups is 1. The highest BCUT2D eigenvalue weighted by Crippen LogP contribution is 2.41. The maximum absolute atomic E-state index is 13.6. The number of carbonyl (C=O) groups is 1. The molecule has 2 heterocycles. The van der Waals surface area contributed by atoms with Crippen molar-refractivity contribution in [3.8, 4) is 11.8 Å². The van der Waals surface area contributed by atoms with E-state index in [1.165, 1.54) is 6.07 Å². The number of anilines is 2. The SMILES string of the molecule is CC1CN(CCOc2ccc(N3C(=S)N(c4ccc(C#N)c(C(F)(F)F)c4)C(=O)C3(C)C)cc2C(C)C)CCN1. The molecule has 2 aliphatic rings. The van der Waals surface area contributed by atoms with Crippen molar-refractivity contribution in [1.29, 1.82) is 5.26 Å². The van der Waals surface area contributed by atoms with Crippen molar-refractivity contribution in [2.75, 3.05) is 42.6 Å². The molecule has 2 aromatic carbocycles. The average molecular weight is 574 g/mol. The first-order chi connectivity index (χ1) is 18.8. The van der Waals surface area contributed by atoms with Gasteiger partial charge in [-0.2, -0.15) is 18.4 Å². The Kier molecular flexibility index (Phi) is 8.45. The smallest absolute Gasteiger partial charge is 0.417 e. The molecule has 0 aliphatic carbocycles. The van der Waals surface area contributed by atoms with Gasteiger partial charge in [0.1, 0.15) is 17.9 Å². The summed E-state index contributed by atoms with van der Waals surface area (Å²) in [6.07, 6.45) is -4.76. The minimum Gasteiger partial charge on any atom is -0.492 e. The zero-order chi connectivity index (χ0) is 29.4. The predicted molar refractivity (Wildman–Crippen MR) is 153 cm³/mol. The molecule has 0 aromatic heterocycles. The van der Waals surface area contributed by atoms with Crippen LogP contribution >= 0.6 is 12.2 Å². The number of benzene rings is 2. The maximum Gasteiger partial charge on any atom is 0.417 e. The van der Waals surface area contributed by atoms with Crippen molar-refractivity contribution in [3.05, 3.63) is 53.1 Å². The van der Waals surface area contributed by atoms with Gasteiger partial charge < -0.3 is 15.0 Å². The summed E-state index contributed by atoms with van der Waals surface area (Å²) < 4.78 is 47.1. The molecule has 1 atom stereocenters. The van der Waals surface area contributed by atoms with Gasteiger partial charge in [0.05, 0.1) is 22.9 Å². The van der Waals surface area contributed by atoms with Crippen LogP contribution < -0.4 is 19.9 Å². The lowest BCUT2D eigenvalue weighted by molar-refractivity contribution is -0.137. The number of alkyl halides is 3. The van der Waals surface area contributed by atoms with Gasteiger partial charge in [-0.25, -0.2) is 0 Å². The van der Waals surface area contributed by atoms with Crippen LogP contribution in [0.5, 0.6) is 5.75 Å². The molecule has 1 N–H and O–H groups in total. The topological polar surface area (TPSA) is 71.8 Å². The molecule has 0 bridgehead atoms. The Morgan fingerprint density at radius 2 is 1.90 bits per heavy atom. The van der Waals surface area contributed by atoms with Crippen LogP contribution in [0.25, 0.3) is 0 Å².